The highest BCUT2D eigenvalue weighted by molar-refractivity contribution is 6.30. The molecule has 1 heterocycles. The number of halogens is 1. The lowest BCUT2D eigenvalue weighted by Crippen LogP contribution is -2.20. The van der Waals surface area contributed by atoms with Crippen molar-refractivity contribution in [2.24, 2.45) is 5.92 Å². The number of aromatic nitrogens is 2. The zero-order valence-electron chi connectivity index (χ0n) is 10.5. The van der Waals surface area contributed by atoms with E-state index in [0.29, 0.717) is 17.0 Å². The molecule has 4 heteroatoms. The number of rotatable bonds is 4. The third-order valence-corrected chi connectivity index (χ3v) is 2.91. The summed E-state index contributed by atoms with van der Waals surface area (Å²) in [4.78, 5) is 8.15. The quantitative estimate of drug-likeness (QED) is 0.756. The Labute approximate surface area is 102 Å². The van der Waals surface area contributed by atoms with E-state index in [0.717, 1.165) is 5.56 Å². The first-order chi connectivity index (χ1) is 7.43. The van der Waals surface area contributed by atoms with E-state index < -0.39 is 0 Å². The van der Waals surface area contributed by atoms with Crippen molar-refractivity contribution >= 4 is 11.6 Å². The smallest absolute Gasteiger partial charge is 0.221 e. The molecule has 0 N–H and O–H groups in total. The van der Waals surface area contributed by atoms with Crippen LogP contribution in [0.3, 0.4) is 0 Å². The lowest BCUT2D eigenvalue weighted by Gasteiger charge is -2.20. The normalized spacial score (nSPS) is 13.2. The van der Waals surface area contributed by atoms with E-state index in [1.54, 1.807) is 0 Å². The number of ether oxygens (including phenoxy) is 1. The molecule has 0 amide bonds. The maximum atomic E-state index is 6.06. The summed E-state index contributed by atoms with van der Waals surface area (Å²) in [5, 5.41) is 0.482. The van der Waals surface area contributed by atoms with Crippen LogP contribution in [0, 0.1) is 5.92 Å². The van der Waals surface area contributed by atoms with E-state index in [9.17, 15) is 0 Å². The fraction of sp³-hybridized carbons (Fsp3) is 0.667. The Morgan fingerprint density at radius 2 is 1.75 bits per heavy atom. The Bertz CT molecular complexity index is 353. The molecule has 1 aromatic rings. The second kappa shape index (κ2) is 5.48. The minimum absolute atomic E-state index is 0.114. The Morgan fingerprint density at radius 3 is 2.25 bits per heavy atom. The molecule has 0 fully saturated rings. The van der Waals surface area contributed by atoms with E-state index in [2.05, 4.69) is 37.7 Å². The summed E-state index contributed by atoms with van der Waals surface area (Å²) in [6.07, 6.45) is 1.56. The summed E-state index contributed by atoms with van der Waals surface area (Å²) in [6.45, 7) is 10.4. The average molecular weight is 243 g/mol. The molecule has 1 aromatic heterocycles. The summed E-state index contributed by atoms with van der Waals surface area (Å²) in [5.74, 6) is 1.30. The van der Waals surface area contributed by atoms with Crippen LogP contribution in [-0.4, -0.2) is 16.1 Å². The van der Waals surface area contributed by atoms with Crippen LogP contribution in [0.2, 0.25) is 5.15 Å². The SMILES string of the molecule is CC(C)c1c(Cl)ncnc1OC(C)C(C)C. The maximum absolute atomic E-state index is 6.06. The molecule has 0 saturated carbocycles. The molecular formula is C12H19ClN2O. The minimum Gasteiger partial charge on any atom is -0.474 e. The summed E-state index contributed by atoms with van der Waals surface area (Å²) in [7, 11) is 0. The number of nitrogens with zero attached hydrogens (tertiary/aromatic N) is 2. The highest BCUT2D eigenvalue weighted by Gasteiger charge is 2.18. The highest BCUT2D eigenvalue weighted by Crippen LogP contribution is 2.30. The van der Waals surface area contributed by atoms with E-state index >= 15 is 0 Å². The van der Waals surface area contributed by atoms with Crippen LogP contribution in [0.15, 0.2) is 6.33 Å². The highest BCUT2D eigenvalue weighted by atomic mass is 35.5. The van der Waals surface area contributed by atoms with Gasteiger partial charge in [-0.25, -0.2) is 9.97 Å². The first-order valence-corrected chi connectivity index (χ1v) is 5.98. The molecule has 16 heavy (non-hydrogen) atoms. The predicted molar refractivity (Wildman–Crippen MR) is 66.1 cm³/mol. The van der Waals surface area contributed by atoms with Crippen molar-refractivity contribution in [3.63, 3.8) is 0 Å². The van der Waals surface area contributed by atoms with Crippen LogP contribution in [0.5, 0.6) is 5.88 Å². The molecule has 0 aromatic carbocycles. The van der Waals surface area contributed by atoms with Gasteiger partial charge in [-0.15, -0.1) is 0 Å². The zero-order chi connectivity index (χ0) is 12.3. The first-order valence-electron chi connectivity index (χ1n) is 5.60. The molecule has 0 bridgehead atoms. The molecule has 90 valence electrons. The van der Waals surface area contributed by atoms with Gasteiger partial charge in [0, 0.05) is 0 Å². The molecule has 1 rings (SSSR count). The molecule has 3 nitrogen and oxygen atoms in total. The lowest BCUT2D eigenvalue weighted by molar-refractivity contribution is 0.161. The molecule has 0 aliphatic heterocycles. The Kier molecular flexibility index (Phi) is 4.54. The van der Waals surface area contributed by atoms with E-state index in [4.69, 9.17) is 16.3 Å². The van der Waals surface area contributed by atoms with Gasteiger partial charge in [0.2, 0.25) is 5.88 Å². The molecule has 0 spiro atoms. The van der Waals surface area contributed by atoms with Gasteiger partial charge in [-0.2, -0.15) is 0 Å². The van der Waals surface area contributed by atoms with Crippen molar-refractivity contribution in [1.29, 1.82) is 0 Å². The van der Waals surface area contributed by atoms with Gasteiger partial charge in [0.05, 0.1) is 11.7 Å². The van der Waals surface area contributed by atoms with Crippen LogP contribution in [0.1, 0.15) is 46.1 Å². The van der Waals surface area contributed by atoms with Gasteiger partial charge in [-0.1, -0.05) is 39.3 Å². The third-order valence-electron chi connectivity index (χ3n) is 2.61. The van der Waals surface area contributed by atoms with Crippen LogP contribution in [-0.2, 0) is 0 Å². The number of hydrogen-bond donors (Lipinski definition) is 0. The third kappa shape index (κ3) is 3.08. The standard InChI is InChI=1S/C12H19ClN2O/c1-7(2)9(5)16-12-10(8(3)4)11(13)14-6-15-12/h6-9H,1-5H3. The average Bonchev–Trinajstić information content (AvgIpc) is 2.16. The second-order valence-electron chi connectivity index (χ2n) is 4.60. The van der Waals surface area contributed by atoms with Crippen LogP contribution < -0.4 is 4.74 Å². The summed E-state index contributed by atoms with van der Waals surface area (Å²) < 4.78 is 5.81. The second-order valence-corrected chi connectivity index (χ2v) is 4.96. The fourth-order valence-electron chi connectivity index (χ4n) is 1.25. The van der Waals surface area contributed by atoms with Crippen LogP contribution in [0.25, 0.3) is 0 Å². The van der Waals surface area contributed by atoms with Crippen molar-refractivity contribution in [3.05, 3.63) is 17.0 Å². The number of hydrogen-bond acceptors (Lipinski definition) is 3. The Morgan fingerprint density at radius 1 is 1.12 bits per heavy atom. The first kappa shape index (κ1) is 13.2. The minimum atomic E-state index is 0.114. The van der Waals surface area contributed by atoms with Gasteiger partial charge in [-0.05, 0) is 18.8 Å². The predicted octanol–water partition coefficient (Wildman–Crippen LogP) is 3.68. The summed E-state index contributed by atoms with van der Waals surface area (Å²) in [5.41, 5.74) is 0.886. The van der Waals surface area contributed by atoms with E-state index in [1.807, 2.05) is 6.92 Å². The van der Waals surface area contributed by atoms with Gasteiger partial charge >= 0.3 is 0 Å². The Balaban J connectivity index is 2.99. The summed E-state index contributed by atoms with van der Waals surface area (Å²) in [6, 6.07) is 0. The summed E-state index contributed by atoms with van der Waals surface area (Å²) >= 11 is 6.06. The van der Waals surface area contributed by atoms with Crippen LogP contribution in [0.4, 0.5) is 0 Å². The molecule has 1 atom stereocenters. The largest absolute Gasteiger partial charge is 0.474 e. The molecular weight excluding hydrogens is 224 g/mol. The zero-order valence-corrected chi connectivity index (χ0v) is 11.2. The Hall–Kier alpha value is -0.830. The van der Waals surface area contributed by atoms with Crippen LogP contribution >= 0.6 is 11.6 Å². The van der Waals surface area contributed by atoms with E-state index in [-0.39, 0.29) is 12.0 Å². The van der Waals surface area contributed by atoms with Gasteiger partial charge < -0.3 is 4.74 Å². The molecule has 1 unspecified atom stereocenters. The monoisotopic (exact) mass is 242 g/mol. The van der Waals surface area contributed by atoms with Crippen molar-refractivity contribution in [2.45, 2.75) is 46.6 Å². The topological polar surface area (TPSA) is 35.0 Å². The maximum Gasteiger partial charge on any atom is 0.221 e. The van der Waals surface area contributed by atoms with Gasteiger partial charge in [0.15, 0.2) is 0 Å². The van der Waals surface area contributed by atoms with Crippen molar-refractivity contribution in [2.75, 3.05) is 0 Å². The van der Waals surface area contributed by atoms with Gasteiger partial charge in [0.25, 0.3) is 0 Å². The van der Waals surface area contributed by atoms with Crippen molar-refractivity contribution in [3.8, 4) is 5.88 Å². The van der Waals surface area contributed by atoms with Gasteiger partial charge in [-0.3, -0.25) is 0 Å². The van der Waals surface area contributed by atoms with Gasteiger partial charge in [0.1, 0.15) is 11.5 Å². The molecule has 0 aliphatic carbocycles. The molecule has 0 radical (unpaired) electrons. The molecule has 0 aliphatic rings. The van der Waals surface area contributed by atoms with Crippen molar-refractivity contribution < 1.29 is 4.74 Å². The van der Waals surface area contributed by atoms with Crippen molar-refractivity contribution in [1.82, 2.24) is 9.97 Å². The lowest BCUT2D eigenvalue weighted by atomic mass is 10.1. The van der Waals surface area contributed by atoms with E-state index in [1.165, 1.54) is 6.33 Å². The fourth-order valence-corrected chi connectivity index (χ4v) is 1.59. The molecule has 0 saturated heterocycles.